The predicted octanol–water partition coefficient (Wildman–Crippen LogP) is 1.79. The molecule has 0 amide bonds. The third-order valence-electron chi connectivity index (χ3n) is 3.91. The van der Waals surface area contributed by atoms with Crippen LogP contribution >= 0.6 is 0 Å². The highest BCUT2D eigenvalue weighted by molar-refractivity contribution is 5.80. The van der Waals surface area contributed by atoms with E-state index < -0.39 is 5.54 Å². The summed E-state index contributed by atoms with van der Waals surface area (Å²) in [5.74, 6) is -0.168. The molecule has 18 heavy (non-hydrogen) atoms. The van der Waals surface area contributed by atoms with Gasteiger partial charge in [-0.1, -0.05) is 6.42 Å². The Labute approximate surface area is 111 Å². The fraction of sp³-hybridized carbons (Fsp3) is 0.929. The van der Waals surface area contributed by atoms with E-state index in [-0.39, 0.29) is 12.0 Å². The lowest BCUT2D eigenvalue weighted by Gasteiger charge is -2.37. The van der Waals surface area contributed by atoms with Gasteiger partial charge in [-0.05, 0) is 47.1 Å². The quantitative estimate of drug-likeness (QED) is 0.705. The molecule has 1 unspecified atom stereocenters. The number of nitrogens with one attached hydrogen (secondary N) is 1. The molecule has 1 aliphatic rings. The number of rotatable bonds is 7. The lowest BCUT2D eigenvalue weighted by Crippen LogP contribution is -2.55. The molecular formula is C14H28N2O2. The zero-order valence-corrected chi connectivity index (χ0v) is 12.5. The molecule has 1 rings (SSSR count). The summed E-state index contributed by atoms with van der Waals surface area (Å²) in [7, 11) is 3.61. The van der Waals surface area contributed by atoms with Gasteiger partial charge in [0.25, 0.3) is 0 Å². The second kappa shape index (κ2) is 6.53. The van der Waals surface area contributed by atoms with Crippen LogP contribution in [0, 0.1) is 0 Å². The van der Waals surface area contributed by atoms with Crippen molar-refractivity contribution in [1.82, 2.24) is 10.2 Å². The standard InChI is InChI=1S/C14H28N2O2/c1-11(2)15-14(3,13(17)18-5)9-10-16(4)12-7-6-8-12/h11-12,15H,6-10H2,1-5H3. The summed E-state index contributed by atoms with van der Waals surface area (Å²) in [5.41, 5.74) is -0.582. The zero-order chi connectivity index (χ0) is 13.8. The Hall–Kier alpha value is -0.610. The molecule has 0 aromatic rings. The van der Waals surface area contributed by atoms with Crippen LogP contribution in [0.4, 0.5) is 0 Å². The Morgan fingerprint density at radius 3 is 2.50 bits per heavy atom. The minimum Gasteiger partial charge on any atom is -0.468 e. The molecule has 0 bridgehead atoms. The second-order valence-corrected chi connectivity index (χ2v) is 5.94. The monoisotopic (exact) mass is 256 g/mol. The lowest BCUT2D eigenvalue weighted by atomic mass is 9.90. The topological polar surface area (TPSA) is 41.6 Å². The summed E-state index contributed by atoms with van der Waals surface area (Å²) in [6, 6.07) is 0.981. The van der Waals surface area contributed by atoms with Crippen molar-refractivity contribution in [2.75, 3.05) is 20.7 Å². The molecule has 106 valence electrons. The number of nitrogens with zero attached hydrogens (tertiary/aromatic N) is 1. The van der Waals surface area contributed by atoms with Gasteiger partial charge in [0.15, 0.2) is 0 Å². The van der Waals surface area contributed by atoms with Gasteiger partial charge in [-0.15, -0.1) is 0 Å². The van der Waals surface area contributed by atoms with Gasteiger partial charge in [-0.2, -0.15) is 0 Å². The van der Waals surface area contributed by atoms with Gasteiger partial charge in [0, 0.05) is 18.6 Å². The second-order valence-electron chi connectivity index (χ2n) is 5.94. The minimum absolute atomic E-state index is 0.168. The van der Waals surface area contributed by atoms with Crippen LogP contribution in [0.25, 0.3) is 0 Å². The average Bonchev–Trinajstić information content (AvgIpc) is 2.22. The number of esters is 1. The normalized spacial score (nSPS) is 19.7. The maximum atomic E-state index is 11.9. The molecule has 1 saturated carbocycles. The van der Waals surface area contributed by atoms with E-state index in [0.29, 0.717) is 6.04 Å². The fourth-order valence-electron chi connectivity index (χ4n) is 2.51. The van der Waals surface area contributed by atoms with Gasteiger partial charge < -0.3 is 9.64 Å². The van der Waals surface area contributed by atoms with Crippen molar-refractivity contribution in [3.8, 4) is 0 Å². The summed E-state index contributed by atoms with van der Waals surface area (Å²) in [6.07, 6.45) is 4.71. The molecule has 0 heterocycles. The van der Waals surface area contributed by atoms with E-state index >= 15 is 0 Å². The first-order valence-electron chi connectivity index (χ1n) is 6.95. The summed E-state index contributed by atoms with van der Waals surface area (Å²) in [6.45, 7) is 6.97. The third-order valence-corrected chi connectivity index (χ3v) is 3.91. The molecule has 4 nitrogen and oxygen atoms in total. The Morgan fingerprint density at radius 2 is 2.11 bits per heavy atom. The van der Waals surface area contributed by atoms with Crippen LogP contribution in [0.3, 0.4) is 0 Å². The summed E-state index contributed by atoms with van der Waals surface area (Å²) in [4.78, 5) is 14.3. The predicted molar refractivity (Wildman–Crippen MR) is 73.6 cm³/mol. The van der Waals surface area contributed by atoms with Gasteiger partial charge in [0.2, 0.25) is 0 Å². The van der Waals surface area contributed by atoms with Crippen molar-refractivity contribution in [2.24, 2.45) is 0 Å². The van der Waals surface area contributed by atoms with Gasteiger partial charge in [-0.3, -0.25) is 10.1 Å². The molecule has 0 aromatic carbocycles. The molecular weight excluding hydrogens is 228 g/mol. The number of hydrogen-bond donors (Lipinski definition) is 1. The number of methoxy groups -OCH3 is 1. The molecule has 1 fully saturated rings. The van der Waals surface area contributed by atoms with E-state index in [1.54, 1.807) is 0 Å². The van der Waals surface area contributed by atoms with Crippen molar-refractivity contribution in [2.45, 2.75) is 64.1 Å². The maximum Gasteiger partial charge on any atom is 0.325 e. The van der Waals surface area contributed by atoms with Crippen molar-refractivity contribution in [1.29, 1.82) is 0 Å². The molecule has 1 N–H and O–H groups in total. The van der Waals surface area contributed by atoms with E-state index in [2.05, 4.69) is 31.1 Å². The van der Waals surface area contributed by atoms with E-state index in [1.807, 2.05) is 6.92 Å². The first-order valence-corrected chi connectivity index (χ1v) is 6.95. The molecule has 1 aliphatic carbocycles. The Kier molecular flexibility index (Phi) is 5.60. The Morgan fingerprint density at radius 1 is 1.50 bits per heavy atom. The largest absolute Gasteiger partial charge is 0.468 e. The Balaban J connectivity index is 2.51. The number of hydrogen-bond acceptors (Lipinski definition) is 4. The van der Waals surface area contributed by atoms with Crippen LogP contribution in [0.5, 0.6) is 0 Å². The highest BCUT2D eigenvalue weighted by atomic mass is 16.5. The van der Waals surface area contributed by atoms with E-state index in [4.69, 9.17) is 4.74 Å². The summed E-state index contributed by atoms with van der Waals surface area (Å²) in [5, 5.41) is 3.34. The van der Waals surface area contributed by atoms with E-state index in [9.17, 15) is 4.79 Å². The summed E-state index contributed by atoms with van der Waals surface area (Å²) < 4.78 is 4.93. The molecule has 0 aromatic heterocycles. The van der Waals surface area contributed by atoms with Crippen LogP contribution in [0.2, 0.25) is 0 Å². The molecule has 0 saturated heterocycles. The molecule has 4 heteroatoms. The highest BCUT2D eigenvalue weighted by Gasteiger charge is 2.35. The van der Waals surface area contributed by atoms with Gasteiger partial charge >= 0.3 is 5.97 Å². The Bertz CT molecular complexity index is 277. The van der Waals surface area contributed by atoms with E-state index in [1.165, 1.54) is 26.4 Å². The van der Waals surface area contributed by atoms with Gasteiger partial charge in [-0.25, -0.2) is 0 Å². The smallest absolute Gasteiger partial charge is 0.325 e. The molecule has 1 atom stereocenters. The maximum absolute atomic E-state index is 11.9. The third kappa shape index (κ3) is 3.95. The van der Waals surface area contributed by atoms with Crippen molar-refractivity contribution in [3.05, 3.63) is 0 Å². The van der Waals surface area contributed by atoms with Crippen molar-refractivity contribution < 1.29 is 9.53 Å². The van der Waals surface area contributed by atoms with Crippen LogP contribution < -0.4 is 5.32 Å². The average molecular weight is 256 g/mol. The minimum atomic E-state index is -0.582. The van der Waals surface area contributed by atoms with Gasteiger partial charge in [0.1, 0.15) is 5.54 Å². The van der Waals surface area contributed by atoms with Crippen LogP contribution in [-0.2, 0) is 9.53 Å². The van der Waals surface area contributed by atoms with Crippen molar-refractivity contribution >= 4 is 5.97 Å². The molecule has 0 radical (unpaired) electrons. The first kappa shape index (κ1) is 15.4. The summed E-state index contributed by atoms with van der Waals surface area (Å²) >= 11 is 0. The van der Waals surface area contributed by atoms with Crippen molar-refractivity contribution in [3.63, 3.8) is 0 Å². The lowest BCUT2D eigenvalue weighted by molar-refractivity contribution is -0.148. The molecule has 0 aliphatic heterocycles. The van der Waals surface area contributed by atoms with Crippen LogP contribution in [-0.4, -0.2) is 49.2 Å². The molecule has 0 spiro atoms. The fourth-order valence-corrected chi connectivity index (χ4v) is 2.51. The highest BCUT2D eigenvalue weighted by Crippen LogP contribution is 2.24. The first-order chi connectivity index (χ1) is 8.39. The van der Waals surface area contributed by atoms with Crippen LogP contribution in [0.15, 0.2) is 0 Å². The van der Waals surface area contributed by atoms with Crippen LogP contribution in [0.1, 0.15) is 46.5 Å². The van der Waals surface area contributed by atoms with E-state index in [0.717, 1.165) is 13.0 Å². The zero-order valence-electron chi connectivity index (χ0n) is 12.5. The SMILES string of the molecule is COC(=O)C(C)(CCN(C)C1CCC1)NC(C)C. The number of ether oxygens (including phenoxy) is 1. The van der Waals surface area contributed by atoms with Gasteiger partial charge in [0.05, 0.1) is 7.11 Å². The number of carbonyl (C=O) groups excluding carboxylic acids is 1. The number of carbonyl (C=O) groups is 1.